The van der Waals surface area contributed by atoms with Gasteiger partial charge in [0.1, 0.15) is 0 Å². The van der Waals surface area contributed by atoms with Crippen molar-refractivity contribution in [2.75, 3.05) is 32.8 Å². The van der Waals surface area contributed by atoms with Gasteiger partial charge >= 0.3 is 0 Å². The highest BCUT2D eigenvalue weighted by Crippen LogP contribution is 2.42. The van der Waals surface area contributed by atoms with Gasteiger partial charge in [-0.05, 0) is 75.2 Å². The molecular weight excluding hydrogens is 340 g/mol. The van der Waals surface area contributed by atoms with Crippen molar-refractivity contribution in [2.45, 2.75) is 57.9 Å². The highest BCUT2D eigenvalue weighted by atomic mass is 16.5. The van der Waals surface area contributed by atoms with Gasteiger partial charge in [-0.15, -0.1) is 0 Å². The summed E-state index contributed by atoms with van der Waals surface area (Å²) in [6.07, 6.45) is 6.92. The van der Waals surface area contributed by atoms with Gasteiger partial charge < -0.3 is 19.7 Å². The molecule has 1 aromatic rings. The van der Waals surface area contributed by atoms with Crippen LogP contribution in [0.1, 0.15) is 51.0 Å². The Morgan fingerprint density at radius 2 is 2.00 bits per heavy atom. The van der Waals surface area contributed by atoms with Crippen molar-refractivity contribution in [3.63, 3.8) is 0 Å². The molecule has 0 radical (unpaired) electrons. The molecule has 3 heterocycles. The maximum Gasteiger partial charge on any atom is 0.222 e. The van der Waals surface area contributed by atoms with E-state index in [0.29, 0.717) is 37.0 Å². The predicted molar refractivity (Wildman–Crippen MR) is 105 cm³/mol. The lowest BCUT2D eigenvalue weighted by molar-refractivity contribution is -0.132. The average Bonchev–Trinajstić information content (AvgIpc) is 2.84. The van der Waals surface area contributed by atoms with E-state index in [1.807, 2.05) is 6.07 Å². The Bertz CT molecular complexity index is 670. The molecule has 2 fully saturated rings. The molecule has 27 heavy (non-hydrogen) atoms. The molecule has 1 amide bonds. The first kappa shape index (κ1) is 18.6. The van der Waals surface area contributed by atoms with Crippen LogP contribution in [-0.2, 0) is 11.2 Å². The van der Waals surface area contributed by atoms with Crippen LogP contribution < -0.4 is 14.8 Å². The van der Waals surface area contributed by atoms with Gasteiger partial charge in [0.2, 0.25) is 5.91 Å². The van der Waals surface area contributed by atoms with Gasteiger partial charge in [-0.1, -0.05) is 6.07 Å². The number of piperidine rings is 1. The molecular formula is C22H32N2O3. The summed E-state index contributed by atoms with van der Waals surface area (Å²) in [5.41, 5.74) is 1.59. The van der Waals surface area contributed by atoms with Crippen LogP contribution in [-0.4, -0.2) is 49.7 Å². The van der Waals surface area contributed by atoms with E-state index in [4.69, 9.17) is 9.47 Å². The van der Waals surface area contributed by atoms with E-state index in [-0.39, 0.29) is 0 Å². The topological polar surface area (TPSA) is 50.8 Å². The quantitative estimate of drug-likeness (QED) is 0.882. The Morgan fingerprint density at radius 3 is 2.81 bits per heavy atom. The second-order valence-electron chi connectivity index (χ2n) is 8.51. The number of fused-ring (bicyclic) bond motifs is 1. The number of nitrogens with one attached hydrogen (secondary N) is 1. The first-order chi connectivity index (χ1) is 13.2. The minimum atomic E-state index is 0.326. The molecule has 2 saturated heterocycles. The Labute approximate surface area is 162 Å². The number of amides is 1. The van der Waals surface area contributed by atoms with Crippen molar-refractivity contribution in [3.05, 3.63) is 23.8 Å². The number of hydrogen-bond acceptors (Lipinski definition) is 4. The Morgan fingerprint density at radius 1 is 1.22 bits per heavy atom. The average molecular weight is 373 g/mol. The molecule has 4 rings (SSSR count). The van der Waals surface area contributed by atoms with Crippen molar-refractivity contribution in [2.24, 2.45) is 5.41 Å². The third-order valence-corrected chi connectivity index (χ3v) is 6.42. The lowest BCUT2D eigenvalue weighted by Gasteiger charge is -2.33. The van der Waals surface area contributed by atoms with Crippen LogP contribution in [0.3, 0.4) is 0 Å². The van der Waals surface area contributed by atoms with Gasteiger partial charge in [-0.2, -0.15) is 0 Å². The van der Waals surface area contributed by atoms with Crippen molar-refractivity contribution >= 4 is 5.91 Å². The Kier molecular flexibility index (Phi) is 5.58. The summed E-state index contributed by atoms with van der Waals surface area (Å²) in [5.74, 6) is 2.01. The smallest absolute Gasteiger partial charge is 0.222 e. The molecule has 1 aromatic carbocycles. The fourth-order valence-corrected chi connectivity index (χ4v) is 4.92. The van der Waals surface area contributed by atoms with Crippen molar-refractivity contribution in [1.29, 1.82) is 0 Å². The zero-order chi connectivity index (χ0) is 18.7. The van der Waals surface area contributed by atoms with E-state index >= 15 is 0 Å². The number of benzene rings is 1. The molecule has 0 aliphatic carbocycles. The third-order valence-electron chi connectivity index (χ3n) is 6.42. The standard InChI is InChI=1S/C22H32N2O3/c1-17-15-22(8-10-23-11-9-22)16-24(17)21(25)5-2-4-18-6-7-19-20(14-18)27-13-3-12-26-19/h6-7,14,17,23H,2-5,8-13,15-16H2,1H3. The number of carbonyl (C=O) groups excluding carboxylic acids is 1. The van der Waals surface area contributed by atoms with Gasteiger partial charge in [0.05, 0.1) is 13.2 Å². The molecule has 3 aliphatic rings. The molecule has 5 heteroatoms. The third kappa shape index (κ3) is 4.23. The van der Waals surface area contributed by atoms with E-state index in [1.54, 1.807) is 0 Å². The number of nitrogens with zero attached hydrogens (tertiary/aromatic N) is 1. The number of hydrogen-bond donors (Lipinski definition) is 1. The van der Waals surface area contributed by atoms with E-state index in [2.05, 4.69) is 29.3 Å². The summed E-state index contributed by atoms with van der Waals surface area (Å²) >= 11 is 0. The van der Waals surface area contributed by atoms with Crippen LogP contribution in [0.15, 0.2) is 18.2 Å². The molecule has 1 spiro atoms. The number of carbonyl (C=O) groups is 1. The zero-order valence-corrected chi connectivity index (χ0v) is 16.5. The molecule has 148 valence electrons. The second kappa shape index (κ2) is 8.09. The van der Waals surface area contributed by atoms with Gasteiger partial charge in [0, 0.05) is 25.4 Å². The van der Waals surface area contributed by atoms with Crippen molar-refractivity contribution in [3.8, 4) is 11.5 Å². The normalized spacial score (nSPS) is 24.0. The highest BCUT2D eigenvalue weighted by molar-refractivity contribution is 5.77. The summed E-state index contributed by atoms with van der Waals surface area (Å²) in [6, 6.07) is 6.56. The van der Waals surface area contributed by atoms with Crippen LogP contribution >= 0.6 is 0 Å². The van der Waals surface area contributed by atoms with Crippen molar-refractivity contribution in [1.82, 2.24) is 10.2 Å². The first-order valence-electron chi connectivity index (χ1n) is 10.5. The monoisotopic (exact) mass is 372 g/mol. The van der Waals surface area contributed by atoms with Crippen molar-refractivity contribution < 1.29 is 14.3 Å². The van der Waals surface area contributed by atoms with E-state index in [1.165, 1.54) is 24.8 Å². The number of rotatable bonds is 4. The fourth-order valence-electron chi connectivity index (χ4n) is 4.92. The van der Waals surface area contributed by atoms with Crippen LogP contribution in [0.4, 0.5) is 0 Å². The number of aryl methyl sites for hydroxylation is 1. The van der Waals surface area contributed by atoms with Gasteiger partial charge in [-0.25, -0.2) is 0 Å². The van der Waals surface area contributed by atoms with E-state index in [0.717, 1.165) is 50.4 Å². The van der Waals surface area contributed by atoms with Gasteiger partial charge in [-0.3, -0.25) is 4.79 Å². The predicted octanol–water partition coefficient (Wildman–Crippen LogP) is 3.16. The Balaban J connectivity index is 1.29. The van der Waals surface area contributed by atoms with Gasteiger partial charge in [0.15, 0.2) is 11.5 Å². The highest BCUT2D eigenvalue weighted by Gasteiger charge is 2.44. The summed E-state index contributed by atoms with van der Waals surface area (Å²) in [6.45, 7) is 6.79. The molecule has 1 N–H and O–H groups in total. The molecule has 3 aliphatic heterocycles. The molecule has 0 bridgehead atoms. The van der Waals surface area contributed by atoms with Crippen LogP contribution in [0.5, 0.6) is 11.5 Å². The number of ether oxygens (including phenoxy) is 2. The largest absolute Gasteiger partial charge is 0.490 e. The van der Waals surface area contributed by atoms with Gasteiger partial charge in [0.25, 0.3) is 0 Å². The molecule has 1 atom stereocenters. The lowest BCUT2D eigenvalue weighted by atomic mass is 9.77. The molecule has 0 aromatic heterocycles. The second-order valence-corrected chi connectivity index (χ2v) is 8.51. The summed E-state index contributed by atoms with van der Waals surface area (Å²) in [7, 11) is 0. The zero-order valence-electron chi connectivity index (χ0n) is 16.5. The van der Waals surface area contributed by atoms with E-state index in [9.17, 15) is 4.79 Å². The van der Waals surface area contributed by atoms with Crippen LogP contribution in [0.25, 0.3) is 0 Å². The summed E-state index contributed by atoms with van der Waals surface area (Å²) < 4.78 is 11.5. The summed E-state index contributed by atoms with van der Waals surface area (Å²) in [4.78, 5) is 15.0. The SMILES string of the molecule is CC1CC2(CCNCC2)CN1C(=O)CCCc1ccc2c(c1)OCCCO2. The fraction of sp³-hybridized carbons (Fsp3) is 0.682. The Hall–Kier alpha value is -1.75. The first-order valence-corrected chi connectivity index (χ1v) is 10.5. The van der Waals surface area contributed by atoms with E-state index < -0.39 is 0 Å². The minimum Gasteiger partial charge on any atom is -0.490 e. The minimum absolute atomic E-state index is 0.326. The van der Waals surface area contributed by atoms with Crippen LogP contribution in [0, 0.1) is 5.41 Å². The van der Waals surface area contributed by atoms with Crippen LogP contribution in [0.2, 0.25) is 0 Å². The lowest BCUT2D eigenvalue weighted by Crippen LogP contribution is -2.40. The number of likely N-dealkylation sites (tertiary alicyclic amines) is 1. The maximum atomic E-state index is 12.8. The summed E-state index contributed by atoms with van der Waals surface area (Å²) in [5, 5.41) is 3.45. The molecule has 5 nitrogen and oxygen atoms in total. The maximum absolute atomic E-state index is 12.8. The molecule has 1 unspecified atom stereocenters. The molecule has 0 saturated carbocycles.